The molecule has 0 bridgehead atoms. The van der Waals surface area contributed by atoms with Crippen LogP contribution >= 0.6 is 23.2 Å². The number of nitrogens with zero attached hydrogens (tertiary/aromatic N) is 3. The van der Waals surface area contributed by atoms with Crippen molar-refractivity contribution >= 4 is 34.7 Å². The van der Waals surface area contributed by atoms with Gasteiger partial charge in [-0.3, -0.25) is 0 Å². The third-order valence-electron chi connectivity index (χ3n) is 4.88. The quantitative estimate of drug-likeness (QED) is 0.615. The Bertz CT molecular complexity index is 941. The highest BCUT2D eigenvalue weighted by molar-refractivity contribution is 6.34. The van der Waals surface area contributed by atoms with Gasteiger partial charge in [0, 0.05) is 47.5 Å². The molecule has 0 saturated carbocycles. The van der Waals surface area contributed by atoms with Crippen LogP contribution < -0.4 is 10.2 Å². The van der Waals surface area contributed by atoms with Crippen LogP contribution in [0.3, 0.4) is 0 Å². The molecule has 0 aliphatic carbocycles. The van der Waals surface area contributed by atoms with Crippen LogP contribution in [0, 0.1) is 0 Å². The Balaban J connectivity index is 1.86. The number of aromatic nitrogens is 2. The maximum Gasteiger partial charge on any atom is 0.133 e. The lowest BCUT2D eigenvalue weighted by Gasteiger charge is -2.12. The number of anilines is 2. The number of halogens is 2. The fourth-order valence-corrected chi connectivity index (χ4v) is 4.01. The molecule has 6 heteroatoms. The molecule has 0 fully saturated rings. The first kappa shape index (κ1) is 18.2. The molecule has 3 aromatic rings. The van der Waals surface area contributed by atoms with Crippen LogP contribution in [0.5, 0.6) is 0 Å². The molecular weight excluding hydrogens is 379 g/mol. The number of rotatable bonds is 3. The smallest absolute Gasteiger partial charge is 0.133 e. The SMILES string of the molecule is CN(C)c1ccc(-c2nn(-c3cc(Cl)cc(Cl)c3)c3c2CCCCN3)cc1. The molecule has 0 unspecified atom stereocenters. The first-order valence-electron chi connectivity index (χ1n) is 9.13. The summed E-state index contributed by atoms with van der Waals surface area (Å²) in [6.45, 7) is 0.937. The summed E-state index contributed by atoms with van der Waals surface area (Å²) in [6, 6.07) is 14.1. The Morgan fingerprint density at radius 1 is 1.00 bits per heavy atom. The van der Waals surface area contributed by atoms with Crippen molar-refractivity contribution in [3.63, 3.8) is 0 Å². The Kier molecular flexibility index (Phi) is 5.02. The van der Waals surface area contributed by atoms with Gasteiger partial charge < -0.3 is 10.2 Å². The van der Waals surface area contributed by atoms with E-state index in [0.29, 0.717) is 10.0 Å². The van der Waals surface area contributed by atoms with Crippen molar-refractivity contribution in [2.24, 2.45) is 0 Å². The molecular formula is C21H22Cl2N4. The number of hydrogen-bond donors (Lipinski definition) is 1. The summed E-state index contributed by atoms with van der Waals surface area (Å²) in [5.74, 6) is 1.04. The molecule has 0 atom stereocenters. The van der Waals surface area contributed by atoms with Gasteiger partial charge in [-0.25, -0.2) is 4.68 Å². The van der Waals surface area contributed by atoms with Gasteiger partial charge in [0.25, 0.3) is 0 Å². The van der Waals surface area contributed by atoms with Gasteiger partial charge in [-0.1, -0.05) is 35.3 Å². The van der Waals surface area contributed by atoms with E-state index in [1.165, 1.54) is 11.3 Å². The Morgan fingerprint density at radius 3 is 2.37 bits per heavy atom. The summed E-state index contributed by atoms with van der Waals surface area (Å²) in [5.41, 5.74) is 5.42. The molecule has 0 saturated heterocycles. The second-order valence-electron chi connectivity index (χ2n) is 7.04. The molecule has 27 heavy (non-hydrogen) atoms. The third-order valence-corrected chi connectivity index (χ3v) is 5.31. The monoisotopic (exact) mass is 400 g/mol. The standard InChI is InChI=1S/C21H22Cl2N4/c1-26(2)17-8-6-14(7-9-17)20-19-5-3-4-10-24-21(19)27(25-20)18-12-15(22)11-16(23)13-18/h6-9,11-13,24H,3-5,10H2,1-2H3. The molecule has 1 aliphatic heterocycles. The Morgan fingerprint density at radius 2 is 1.70 bits per heavy atom. The average Bonchev–Trinajstić information content (AvgIpc) is 2.82. The number of benzene rings is 2. The molecule has 140 valence electrons. The van der Waals surface area contributed by atoms with Crippen LogP contribution in [-0.4, -0.2) is 30.4 Å². The summed E-state index contributed by atoms with van der Waals surface area (Å²) in [6.07, 6.45) is 3.29. The van der Waals surface area contributed by atoms with Crippen LogP contribution in [0.2, 0.25) is 10.0 Å². The predicted octanol–water partition coefficient (Wildman–Crippen LogP) is 5.66. The van der Waals surface area contributed by atoms with Crippen molar-refractivity contribution in [3.05, 3.63) is 58.1 Å². The normalized spacial score (nSPS) is 13.6. The van der Waals surface area contributed by atoms with Gasteiger partial charge in [-0.15, -0.1) is 0 Å². The van der Waals surface area contributed by atoms with E-state index >= 15 is 0 Å². The van der Waals surface area contributed by atoms with Crippen LogP contribution in [0.25, 0.3) is 16.9 Å². The minimum Gasteiger partial charge on any atom is -0.378 e. The zero-order valence-corrected chi connectivity index (χ0v) is 17.0. The molecule has 2 aromatic carbocycles. The highest BCUT2D eigenvalue weighted by Crippen LogP contribution is 2.35. The van der Waals surface area contributed by atoms with Gasteiger partial charge in [-0.05, 0) is 49.6 Å². The van der Waals surface area contributed by atoms with E-state index < -0.39 is 0 Å². The summed E-state index contributed by atoms with van der Waals surface area (Å²) in [5, 5.41) is 9.72. The molecule has 1 aliphatic rings. The summed E-state index contributed by atoms with van der Waals surface area (Å²) in [7, 11) is 4.09. The second kappa shape index (κ2) is 7.45. The van der Waals surface area contributed by atoms with Gasteiger partial charge in [0.2, 0.25) is 0 Å². The largest absolute Gasteiger partial charge is 0.378 e. The third kappa shape index (κ3) is 3.64. The highest BCUT2D eigenvalue weighted by Gasteiger charge is 2.22. The topological polar surface area (TPSA) is 33.1 Å². The summed E-state index contributed by atoms with van der Waals surface area (Å²) >= 11 is 12.5. The van der Waals surface area contributed by atoms with E-state index in [4.69, 9.17) is 28.3 Å². The maximum absolute atomic E-state index is 6.24. The minimum absolute atomic E-state index is 0.604. The lowest BCUT2D eigenvalue weighted by Crippen LogP contribution is -2.08. The van der Waals surface area contributed by atoms with Gasteiger partial charge in [0.05, 0.1) is 11.4 Å². The molecule has 0 amide bonds. The van der Waals surface area contributed by atoms with Crippen LogP contribution in [0.15, 0.2) is 42.5 Å². The summed E-state index contributed by atoms with van der Waals surface area (Å²) in [4.78, 5) is 2.10. The van der Waals surface area contributed by atoms with Crippen molar-refractivity contribution in [3.8, 4) is 16.9 Å². The molecule has 0 spiro atoms. The average molecular weight is 401 g/mol. The van der Waals surface area contributed by atoms with Crippen molar-refractivity contribution < 1.29 is 0 Å². The van der Waals surface area contributed by atoms with E-state index in [1.807, 2.05) is 30.9 Å². The van der Waals surface area contributed by atoms with Gasteiger partial charge in [-0.2, -0.15) is 5.10 Å². The van der Waals surface area contributed by atoms with Crippen LogP contribution in [0.1, 0.15) is 18.4 Å². The van der Waals surface area contributed by atoms with Crippen molar-refractivity contribution in [2.75, 3.05) is 30.9 Å². The van der Waals surface area contributed by atoms with Crippen LogP contribution in [-0.2, 0) is 6.42 Å². The Labute approximate surface area is 169 Å². The van der Waals surface area contributed by atoms with E-state index in [1.54, 1.807) is 6.07 Å². The Hall–Kier alpha value is -2.17. The number of fused-ring (bicyclic) bond motifs is 1. The van der Waals surface area contributed by atoms with Crippen LogP contribution in [0.4, 0.5) is 11.5 Å². The minimum atomic E-state index is 0.604. The van der Waals surface area contributed by atoms with Crippen molar-refractivity contribution in [2.45, 2.75) is 19.3 Å². The lowest BCUT2D eigenvalue weighted by molar-refractivity contribution is 0.780. The van der Waals surface area contributed by atoms with E-state index in [-0.39, 0.29) is 0 Å². The predicted molar refractivity (Wildman–Crippen MR) is 115 cm³/mol. The zero-order chi connectivity index (χ0) is 19.0. The summed E-state index contributed by atoms with van der Waals surface area (Å²) < 4.78 is 1.94. The molecule has 1 N–H and O–H groups in total. The number of nitrogens with one attached hydrogen (secondary N) is 1. The zero-order valence-electron chi connectivity index (χ0n) is 15.5. The van der Waals surface area contributed by atoms with E-state index in [0.717, 1.165) is 48.6 Å². The second-order valence-corrected chi connectivity index (χ2v) is 7.91. The fraction of sp³-hybridized carbons (Fsp3) is 0.286. The molecule has 2 heterocycles. The van der Waals surface area contributed by atoms with Gasteiger partial charge in [0.1, 0.15) is 5.82 Å². The van der Waals surface area contributed by atoms with E-state index in [2.05, 4.69) is 34.5 Å². The molecule has 4 rings (SSSR count). The number of hydrogen-bond acceptors (Lipinski definition) is 3. The molecule has 0 radical (unpaired) electrons. The van der Waals surface area contributed by atoms with Gasteiger partial charge >= 0.3 is 0 Å². The first-order valence-corrected chi connectivity index (χ1v) is 9.88. The maximum atomic E-state index is 6.24. The van der Waals surface area contributed by atoms with Crippen molar-refractivity contribution in [1.82, 2.24) is 9.78 Å². The van der Waals surface area contributed by atoms with Gasteiger partial charge in [0.15, 0.2) is 0 Å². The first-order chi connectivity index (χ1) is 13.0. The highest BCUT2D eigenvalue weighted by atomic mass is 35.5. The lowest BCUT2D eigenvalue weighted by atomic mass is 10.0. The van der Waals surface area contributed by atoms with E-state index in [9.17, 15) is 0 Å². The fourth-order valence-electron chi connectivity index (χ4n) is 3.50. The molecule has 4 nitrogen and oxygen atoms in total. The molecule has 1 aromatic heterocycles. The van der Waals surface area contributed by atoms with Crippen molar-refractivity contribution in [1.29, 1.82) is 0 Å².